The van der Waals surface area contributed by atoms with Crippen molar-refractivity contribution < 1.29 is 14.6 Å². The van der Waals surface area contributed by atoms with Gasteiger partial charge in [0.15, 0.2) is 6.29 Å². The minimum absolute atomic E-state index is 0.158. The average molecular weight is 485 g/mol. The number of carbonyl (C=O) groups is 1. The Morgan fingerprint density at radius 2 is 1.69 bits per heavy atom. The minimum Gasteiger partial charge on any atom is -0.486 e. The van der Waals surface area contributed by atoms with Crippen molar-refractivity contribution in [2.75, 3.05) is 13.7 Å². The van der Waals surface area contributed by atoms with E-state index in [1.54, 1.807) is 5.56 Å². The number of benzene rings is 1. The Morgan fingerprint density at radius 1 is 0.971 bits per heavy atom. The molecule has 3 aliphatic rings. The molecule has 1 N–H and O–H groups in total. The molecule has 3 nitrogen and oxygen atoms in total. The lowest BCUT2D eigenvalue weighted by Crippen LogP contribution is -2.42. The maximum Gasteiger partial charge on any atom is 0.157 e. The van der Waals surface area contributed by atoms with Crippen LogP contribution in [0.1, 0.15) is 127 Å². The Labute approximate surface area is 215 Å². The van der Waals surface area contributed by atoms with Crippen LogP contribution in [0, 0.1) is 23.2 Å². The Morgan fingerprint density at radius 3 is 2.40 bits per heavy atom. The topological polar surface area (TPSA) is 46.5 Å². The van der Waals surface area contributed by atoms with Crippen LogP contribution in [0.15, 0.2) is 18.2 Å². The molecule has 2 fully saturated rings. The predicted molar refractivity (Wildman–Crippen MR) is 146 cm³/mol. The minimum atomic E-state index is 0.158. The van der Waals surface area contributed by atoms with Gasteiger partial charge in [0, 0.05) is 7.11 Å². The molecule has 4 rings (SSSR count). The Kier molecular flexibility index (Phi) is 11.6. The van der Waals surface area contributed by atoms with Crippen LogP contribution in [0.4, 0.5) is 0 Å². The summed E-state index contributed by atoms with van der Waals surface area (Å²) in [6.07, 6.45) is 23.5. The van der Waals surface area contributed by atoms with E-state index in [4.69, 9.17) is 9.84 Å². The predicted octanol–water partition coefficient (Wildman–Crippen LogP) is 8.27. The van der Waals surface area contributed by atoms with Crippen LogP contribution in [0.5, 0.6) is 5.75 Å². The van der Waals surface area contributed by atoms with E-state index >= 15 is 0 Å². The lowest BCUT2D eigenvalue weighted by Gasteiger charge is -2.51. The molecule has 0 saturated heterocycles. The second-order valence-corrected chi connectivity index (χ2v) is 11.7. The van der Waals surface area contributed by atoms with E-state index in [9.17, 15) is 4.79 Å². The van der Waals surface area contributed by atoms with Crippen molar-refractivity contribution in [2.45, 2.75) is 122 Å². The fourth-order valence-electron chi connectivity index (χ4n) is 8.06. The number of rotatable bonds is 13. The smallest absolute Gasteiger partial charge is 0.157 e. The molecular formula is C32H52O3. The molecule has 3 aliphatic carbocycles. The second kappa shape index (κ2) is 14.4. The maximum absolute atomic E-state index is 10.6. The van der Waals surface area contributed by atoms with Crippen LogP contribution in [0.2, 0.25) is 0 Å². The van der Waals surface area contributed by atoms with Gasteiger partial charge in [-0.05, 0) is 97.3 Å². The van der Waals surface area contributed by atoms with Crippen LogP contribution < -0.4 is 4.74 Å². The van der Waals surface area contributed by atoms with Crippen molar-refractivity contribution in [1.82, 2.24) is 0 Å². The van der Waals surface area contributed by atoms with E-state index in [-0.39, 0.29) is 6.61 Å². The third-order valence-electron chi connectivity index (χ3n) is 9.87. The summed E-state index contributed by atoms with van der Waals surface area (Å²) in [6.45, 7) is 5.13. The van der Waals surface area contributed by atoms with Gasteiger partial charge >= 0.3 is 0 Å². The number of carbonyl (C=O) groups excluding carboxylic acids is 1. The SMILES string of the molecule is CCCCCCCCCCCC1CCC2C3CCc4cc(OCC=O)ccc4C3CCC12C.CO. The van der Waals surface area contributed by atoms with Crippen LogP contribution in [-0.2, 0) is 11.2 Å². The number of aryl methyl sites for hydroxylation is 1. The third kappa shape index (κ3) is 6.90. The van der Waals surface area contributed by atoms with Gasteiger partial charge in [0.1, 0.15) is 12.4 Å². The zero-order chi connectivity index (χ0) is 25.1. The molecule has 0 spiro atoms. The third-order valence-corrected chi connectivity index (χ3v) is 9.87. The number of fused-ring (bicyclic) bond motifs is 5. The number of hydrogen-bond acceptors (Lipinski definition) is 3. The second-order valence-electron chi connectivity index (χ2n) is 11.7. The zero-order valence-electron chi connectivity index (χ0n) is 22.9. The molecule has 1 aromatic carbocycles. The van der Waals surface area contributed by atoms with Gasteiger partial charge in [-0.3, -0.25) is 4.79 Å². The summed E-state index contributed by atoms with van der Waals surface area (Å²) in [5, 5.41) is 7.00. The molecule has 3 heteroatoms. The van der Waals surface area contributed by atoms with Crippen molar-refractivity contribution in [3.8, 4) is 5.75 Å². The lowest BCUT2D eigenvalue weighted by molar-refractivity contribution is -0.109. The highest BCUT2D eigenvalue weighted by Gasteiger charge is 2.54. The molecule has 5 unspecified atom stereocenters. The summed E-state index contributed by atoms with van der Waals surface area (Å²) in [5.74, 6) is 4.39. The lowest BCUT2D eigenvalue weighted by atomic mass is 9.54. The summed E-state index contributed by atoms with van der Waals surface area (Å²) in [5.41, 5.74) is 3.66. The van der Waals surface area contributed by atoms with E-state index < -0.39 is 0 Å². The maximum atomic E-state index is 10.6. The molecule has 35 heavy (non-hydrogen) atoms. The highest BCUT2D eigenvalue weighted by atomic mass is 16.5. The van der Waals surface area contributed by atoms with Gasteiger partial charge in [-0.25, -0.2) is 0 Å². The number of aliphatic hydroxyl groups excluding tert-OH is 1. The molecule has 0 aromatic heterocycles. The number of hydrogen-bond donors (Lipinski definition) is 1. The van der Waals surface area contributed by atoms with E-state index in [0.29, 0.717) is 5.41 Å². The van der Waals surface area contributed by atoms with E-state index in [0.717, 1.165) is 42.8 Å². The number of unbranched alkanes of at least 4 members (excludes halogenated alkanes) is 8. The number of aldehydes is 1. The first-order valence-corrected chi connectivity index (χ1v) is 14.8. The first-order valence-electron chi connectivity index (χ1n) is 14.8. The molecule has 0 bridgehead atoms. The fraction of sp³-hybridized carbons (Fsp3) is 0.781. The molecule has 198 valence electrons. The Bertz CT molecular complexity index is 759. The molecule has 0 radical (unpaired) electrons. The van der Waals surface area contributed by atoms with E-state index in [2.05, 4.69) is 32.0 Å². The van der Waals surface area contributed by atoms with Gasteiger partial charge in [-0.1, -0.05) is 77.7 Å². The summed E-state index contributed by atoms with van der Waals surface area (Å²) < 4.78 is 5.57. The van der Waals surface area contributed by atoms with E-state index in [1.807, 2.05) is 0 Å². The first-order chi connectivity index (χ1) is 17.2. The largest absolute Gasteiger partial charge is 0.486 e. The standard InChI is InChI=1S/C31H48O2.CH4O/c1-3-4-5-6-7-8-9-10-11-12-25-14-18-30-29-16-13-24-23-26(33-22-21-32)15-17-27(24)28(29)19-20-31(25,30)2;1-2/h15,17,21,23,25,28-30H,3-14,16,18-20,22H2,1-2H3;2H,1H3. The first kappa shape index (κ1) is 28.2. The quantitative estimate of drug-likeness (QED) is 0.226. The molecular weight excluding hydrogens is 432 g/mol. The molecule has 5 atom stereocenters. The molecule has 2 saturated carbocycles. The summed E-state index contributed by atoms with van der Waals surface area (Å²) in [6, 6.07) is 6.63. The fourth-order valence-corrected chi connectivity index (χ4v) is 8.06. The van der Waals surface area contributed by atoms with Crippen LogP contribution >= 0.6 is 0 Å². The normalized spacial score (nSPS) is 28.8. The van der Waals surface area contributed by atoms with Gasteiger partial charge in [0.25, 0.3) is 0 Å². The van der Waals surface area contributed by atoms with Crippen molar-refractivity contribution >= 4 is 6.29 Å². The Balaban J connectivity index is 0.00000167. The van der Waals surface area contributed by atoms with Crippen molar-refractivity contribution in [3.63, 3.8) is 0 Å². The van der Waals surface area contributed by atoms with Crippen molar-refractivity contribution in [3.05, 3.63) is 29.3 Å². The zero-order valence-corrected chi connectivity index (χ0v) is 22.9. The summed E-state index contributed by atoms with van der Waals surface area (Å²) in [7, 11) is 1.00. The average Bonchev–Trinajstić information content (AvgIpc) is 3.23. The highest BCUT2D eigenvalue weighted by Crippen LogP contribution is 2.63. The van der Waals surface area contributed by atoms with Crippen molar-refractivity contribution in [1.29, 1.82) is 0 Å². The van der Waals surface area contributed by atoms with Crippen LogP contribution in [-0.4, -0.2) is 25.1 Å². The molecule has 0 heterocycles. The van der Waals surface area contributed by atoms with Crippen LogP contribution in [0.3, 0.4) is 0 Å². The molecule has 0 aliphatic heterocycles. The highest BCUT2D eigenvalue weighted by molar-refractivity contribution is 5.51. The van der Waals surface area contributed by atoms with Gasteiger partial charge in [-0.15, -0.1) is 0 Å². The van der Waals surface area contributed by atoms with Gasteiger partial charge in [0.2, 0.25) is 0 Å². The van der Waals surface area contributed by atoms with Gasteiger partial charge in [-0.2, -0.15) is 0 Å². The summed E-state index contributed by atoms with van der Waals surface area (Å²) >= 11 is 0. The van der Waals surface area contributed by atoms with Crippen molar-refractivity contribution in [2.24, 2.45) is 23.2 Å². The van der Waals surface area contributed by atoms with Gasteiger partial charge in [0.05, 0.1) is 0 Å². The number of aliphatic hydroxyl groups is 1. The molecule has 1 aromatic rings. The Hall–Kier alpha value is -1.35. The molecule has 0 amide bonds. The van der Waals surface area contributed by atoms with E-state index in [1.165, 1.54) is 108 Å². The van der Waals surface area contributed by atoms with Crippen LogP contribution in [0.25, 0.3) is 0 Å². The number of ether oxygens (including phenoxy) is 1. The monoisotopic (exact) mass is 484 g/mol. The summed E-state index contributed by atoms with van der Waals surface area (Å²) in [4.78, 5) is 10.6. The van der Waals surface area contributed by atoms with Gasteiger partial charge < -0.3 is 9.84 Å².